The first-order chi connectivity index (χ1) is 13.4. The lowest BCUT2D eigenvalue weighted by Crippen LogP contribution is -2.31. The van der Waals surface area contributed by atoms with E-state index < -0.39 is 0 Å². The van der Waals surface area contributed by atoms with Gasteiger partial charge in [-0.2, -0.15) is 0 Å². The van der Waals surface area contributed by atoms with Crippen molar-refractivity contribution in [2.24, 2.45) is 0 Å². The lowest BCUT2D eigenvalue weighted by Gasteiger charge is -2.12. The molecular weight excluding hydrogens is 364 g/mol. The molecule has 2 aliphatic rings. The first-order valence-electron chi connectivity index (χ1n) is 9.57. The topological polar surface area (TPSA) is 101 Å². The molecule has 0 saturated heterocycles. The van der Waals surface area contributed by atoms with E-state index in [1.165, 1.54) is 29.2 Å². The van der Waals surface area contributed by atoms with Crippen molar-refractivity contribution in [1.82, 2.24) is 9.80 Å². The number of rotatable bonds is 11. The number of imide groups is 2. The second kappa shape index (κ2) is 12.7. The highest BCUT2D eigenvalue weighted by Gasteiger charge is 2.22. The fourth-order valence-electron chi connectivity index (χ4n) is 2.52. The highest BCUT2D eigenvalue weighted by molar-refractivity contribution is 6.13. The molecule has 28 heavy (non-hydrogen) atoms. The van der Waals surface area contributed by atoms with Crippen molar-refractivity contribution in [1.29, 1.82) is 0 Å². The quantitative estimate of drug-likeness (QED) is 0.389. The number of nitrogens with zero attached hydrogens (tertiary/aromatic N) is 2. The third kappa shape index (κ3) is 7.96. The summed E-state index contributed by atoms with van der Waals surface area (Å²) in [4.78, 5) is 57.9. The van der Waals surface area contributed by atoms with Crippen LogP contribution in [0.3, 0.4) is 0 Å². The lowest BCUT2D eigenvalue weighted by atomic mass is 10.1. The number of carbonyl (C=O) groups is 5. The fraction of sp³-hybridized carbons (Fsp3) is 0.550. The van der Waals surface area contributed by atoms with Crippen LogP contribution in [-0.4, -0.2) is 65.5 Å². The Kier molecular flexibility index (Phi) is 10.6. The van der Waals surface area contributed by atoms with Crippen LogP contribution in [0.4, 0.5) is 0 Å². The molecule has 4 amide bonds. The molecule has 0 saturated carbocycles. The van der Waals surface area contributed by atoms with Crippen molar-refractivity contribution in [3.8, 4) is 0 Å². The first kappa shape index (κ1) is 23.4. The zero-order chi connectivity index (χ0) is 20.9. The predicted molar refractivity (Wildman–Crippen MR) is 102 cm³/mol. The van der Waals surface area contributed by atoms with Gasteiger partial charge in [0.1, 0.15) is 5.78 Å². The van der Waals surface area contributed by atoms with Crippen LogP contribution in [0.25, 0.3) is 0 Å². The summed E-state index contributed by atoms with van der Waals surface area (Å²) in [5.74, 6) is -0.852. The van der Waals surface area contributed by atoms with Gasteiger partial charge in [-0.1, -0.05) is 13.8 Å². The van der Waals surface area contributed by atoms with E-state index in [1.807, 2.05) is 13.8 Å². The van der Waals surface area contributed by atoms with Crippen LogP contribution in [0.1, 0.15) is 46.0 Å². The number of hydrogen-bond donors (Lipinski definition) is 0. The Bertz CT molecular complexity index is 617. The molecule has 0 atom stereocenters. The minimum atomic E-state index is -0.293. The summed E-state index contributed by atoms with van der Waals surface area (Å²) in [5, 5.41) is 0. The van der Waals surface area contributed by atoms with Gasteiger partial charge in [-0.3, -0.25) is 33.8 Å². The summed E-state index contributed by atoms with van der Waals surface area (Å²) in [6.07, 6.45) is 8.18. The molecule has 2 rings (SSSR count). The van der Waals surface area contributed by atoms with Gasteiger partial charge in [0.15, 0.2) is 0 Å². The Labute approximate surface area is 165 Å². The number of Topliss-reactive ketones (excluding diaryl/α,β-unsaturated/α-hetero) is 1. The molecular formula is C20H28N2O6. The molecule has 0 N–H and O–H groups in total. The third-order valence-electron chi connectivity index (χ3n) is 3.96. The number of ether oxygens (including phenoxy) is 1. The van der Waals surface area contributed by atoms with Crippen LogP contribution in [0.2, 0.25) is 0 Å². The average Bonchev–Trinajstić information content (AvgIpc) is 3.16. The van der Waals surface area contributed by atoms with Crippen molar-refractivity contribution in [3.63, 3.8) is 0 Å². The van der Waals surface area contributed by atoms with E-state index in [2.05, 4.69) is 0 Å². The molecule has 8 heteroatoms. The second-order valence-corrected chi connectivity index (χ2v) is 6.33. The van der Waals surface area contributed by atoms with Gasteiger partial charge in [-0.25, -0.2) is 0 Å². The zero-order valence-electron chi connectivity index (χ0n) is 16.5. The summed E-state index contributed by atoms with van der Waals surface area (Å²) in [7, 11) is 0. The van der Waals surface area contributed by atoms with E-state index in [1.54, 1.807) is 0 Å². The normalized spacial score (nSPS) is 15.5. The van der Waals surface area contributed by atoms with E-state index in [9.17, 15) is 24.0 Å². The van der Waals surface area contributed by atoms with Gasteiger partial charge in [0.2, 0.25) is 0 Å². The lowest BCUT2D eigenvalue weighted by molar-refractivity contribution is -0.138. The Morgan fingerprint density at radius 1 is 0.750 bits per heavy atom. The molecule has 0 aromatic carbocycles. The van der Waals surface area contributed by atoms with E-state index in [0.717, 1.165) is 17.7 Å². The summed E-state index contributed by atoms with van der Waals surface area (Å²) in [6.45, 7) is 5.92. The maximum atomic E-state index is 11.5. The number of amides is 4. The van der Waals surface area contributed by atoms with Gasteiger partial charge >= 0.3 is 0 Å². The maximum Gasteiger partial charge on any atom is 0.253 e. The molecule has 2 aliphatic heterocycles. The number of carbonyl (C=O) groups excluding carboxylic acids is 5. The van der Waals surface area contributed by atoms with E-state index in [4.69, 9.17) is 4.74 Å². The molecule has 8 nitrogen and oxygen atoms in total. The fourth-order valence-corrected chi connectivity index (χ4v) is 2.52. The average molecular weight is 392 g/mol. The zero-order valence-corrected chi connectivity index (χ0v) is 16.5. The molecule has 0 aromatic rings. The van der Waals surface area contributed by atoms with Crippen LogP contribution < -0.4 is 0 Å². The van der Waals surface area contributed by atoms with Crippen LogP contribution >= 0.6 is 0 Å². The van der Waals surface area contributed by atoms with Crippen LogP contribution in [0.15, 0.2) is 24.3 Å². The predicted octanol–water partition coefficient (Wildman–Crippen LogP) is 1.40. The van der Waals surface area contributed by atoms with Crippen molar-refractivity contribution in [2.45, 2.75) is 46.0 Å². The van der Waals surface area contributed by atoms with Crippen LogP contribution in [0.5, 0.6) is 0 Å². The summed E-state index contributed by atoms with van der Waals surface area (Å²) in [5.41, 5.74) is 0. The van der Waals surface area contributed by atoms with Gasteiger partial charge in [0.05, 0.1) is 6.61 Å². The molecule has 0 bridgehead atoms. The largest absolute Gasteiger partial charge is 0.381 e. The minimum absolute atomic E-state index is 0.109. The molecule has 2 heterocycles. The molecule has 0 spiro atoms. The SMILES string of the molecule is CCCN1C(=O)C=CC1=O.CCCOCCC(=O)CCCN1C(=O)C=CC1=O. The summed E-state index contributed by atoms with van der Waals surface area (Å²) < 4.78 is 5.22. The highest BCUT2D eigenvalue weighted by Crippen LogP contribution is 2.06. The molecule has 0 unspecified atom stereocenters. The standard InChI is InChI=1S/C13H19NO4.C7H9NO2/c1-2-9-18-10-7-11(15)4-3-8-14-12(16)5-6-13(14)17;1-2-5-8-6(9)3-4-7(8)10/h5-6H,2-4,7-10H2,1H3;3-4H,2,5H2,1H3. The van der Waals surface area contributed by atoms with Gasteiger partial charge in [-0.15, -0.1) is 0 Å². The molecule has 0 radical (unpaired) electrons. The molecule has 154 valence electrons. The first-order valence-corrected chi connectivity index (χ1v) is 9.57. The monoisotopic (exact) mass is 392 g/mol. The third-order valence-corrected chi connectivity index (χ3v) is 3.96. The molecule has 0 fully saturated rings. The van der Waals surface area contributed by atoms with Gasteiger partial charge < -0.3 is 4.74 Å². The number of hydrogen-bond acceptors (Lipinski definition) is 6. The van der Waals surface area contributed by atoms with Crippen molar-refractivity contribution < 1.29 is 28.7 Å². The molecule has 0 aromatic heterocycles. The van der Waals surface area contributed by atoms with Crippen molar-refractivity contribution in [3.05, 3.63) is 24.3 Å². The van der Waals surface area contributed by atoms with Gasteiger partial charge in [0.25, 0.3) is 23.6 Å². The minimum Gasteiger partial charge on any atom is -0.381 e. The Balaban J connectivity index is 0.000000330. The van der Waals surface area contributed by atoms with Gasteiger partial charge in [0, 0.05) is 56.8 Å². The van der Waals surface area contributed by atoms with Crippen molar-refractivity contribution >= 4 is 29.4 Å². The highest BCUT2D eigenvalue weighted by atomic mass is 16.5. The Morgan fingerprint density at radius 3 is 1.71 bits per heavy atom. The van der Waals surface area contributed by atoms with Crippen LogP contribution in [-0.2, 0) is 28.7 Å². The van der Waals surface area contributed by atoms with E-state index >= 15 is 0 Å². The van der Waals surface area contributed by atoms with Crippen LogP contribution in [0, 0.1) is 0 Å². The Hall–Kier alpha value is -2.61. The van der Waals surface area contributed by atoms with E-state index in [-0.39, 0.29) is 29.4 Å². The van der Waals surface area contributed by atoms with Gasteiger partial charge in [-0.05, 0) is 19.3 Å². The van der Waals surface area contributed by atoms with E-state index in [0.29, 0.717) is 45.6 Å². The number of ketones is 1. The second-order valence-electron chi connectivity index (χ2n) is 6.33. The van der Waals surface area contributed by atoms with Crippen molar-refractivity contribution in [2.75, 3.05) is 26.3 Å². The summed E-state index contributed by atoms with van der Waals surface area (Å²) >= 11 is 0. The maximum absolute atomic E-state index is 11.5. The molecule has 0 aliphatic carbocycles. The summed E-state index contributed by atoms with van der Waals surface area (Å²) in [6, 6.07) is 0. The smallest absolute Gasteiger partial charge is 0.253 e. The Morgan fingerprint density at radius 2 is 1.25 bits per heavy atom.